The number of carboxylic acid groups (broad SMARTS) is 1. The zero-order valence-electron chi connectivity index (χ0n) is 20.6. The molecule has 1 N–H and O–H groups in total. The molecule has 1 fully saturated rings. The Morgan fingerprint density at radius 2 is 1.68 bits per heavy atom. The molecule has 1 aliphatic carbocycles. The third-order valence-electron chi connectivity index (χ3n) is 7.67. The van der Waals surface area contributed by atoms with Crippen molar-refractivity contribution in [1.29, 1.82) is 0 Å². The molecule has 0 saturated heterocycles. The van der Waals surface area contributed by atoms with E-state index in [1.54, 1.807) is 30.3 Å². The first-order chi connectivity index (χ1) is 18.1. The van der Waals surface area contributed by atoms with Crippen LogP contribution in [-0.4, -0.2) is 29.2 Å². The van der Waals surface area contributed by atoms with Crippen LogP contribution in [0.25, 0.3) is 6.08 Å². The van der Waals surface area contributed by atoms with Crippen LogP contribution in [0.5, 0.6) is 0 Å². The fourth-order valence-electron chi connectivity index (χ4n) is 5.76. The van der Waals surface area contributed by atoms with Crippen molar-refractivity contribution in [2.45, 2.75) is 44.4 Å². The molecule has 0 unspecified atom stereocenters. The molecule has 2 aliphatic heterocycles. The summed E-state index contributed by atoms with van der Waals surface area (Å²) >= 11 is 0. The van der Waals surface area contributed by atoms with Crippen LogP contribution in [0.3, 0.4) is 0 Å². The van der Waals surface area contributed by atoms with Crippen LogP contribution in [-0.2, 0) is 16.0 Å². The van der Waals surface area contributed by atoms with Crippen LogP contribution in [0.1, 0.15) is 54.7 Å². The van der Waals surface area contributed by atoms with Gasteiger partial charge in [-0.1, -0.05) is 55.7 Å². The zero-order chi connectivity index (χ0) is 25.4. The molecule has 1 saturated carbocycles. The second-order valence-corrected chi connectivity index (χ2v) is 9.98. The quantitative estimate of drug-likeness (QED) is 0.425. The van der Waals surface area contributed by atoms with Gasteiger partial charge in [-0.2, -0.15) is 10.1 Å². The highest BCUT2D eigenvalue weighted by Gasteiger charge is 2.35. The number of hydrogen-bond donors (Lipinski definition) is 1. The van der Waals surface area contributed by atoms with E-state index in [-0.39, 0.29) is 11.3 Å². The maximum Gasteiger partial charge on any atom is 0.357 e. The lowest BCUT2D eigenvalue weighted by Gasteiger charge is -2.24. The van der Waals surface area contributed by atoms with E-state index in [1.807, 2.05) is 12.1 Å². The maximum absolute atomic E-state index is 13.1. The summed E-state index contributed by atoms with van der Waals surface area (Å²) in [5, 5.41) is 15.0. The van der Waals surface area contributed by atoms with Crippen LogP contribution in [0.2, 0.25) is 0 Å². The summed E-state index contributed by atoms with van der Waals surface area (Å²) < 4.78 is 0. The molecule has 0 aromatic heterocycles. The average molecular weight is 492 g/mol. The number of hydrogen-bond acceptors (Lipinski definition) is 4. The lowest BCUT2D eigenvalue weighted by Crippen LogP contribution is -2.22. The SMILES string of the molecule is O=C(O)C1=NN(c2ccccc2)C(=O)/C1=C\c1ccc2c(c1)CCN2c1ccc(C2CCCCC2)cc1. The number of anilines is 3. The van der Waals surface area contributed by atoms with Crippen LogP contribution in [0.4, 0.5) is 17.1 Å². The Labute approximate surface area is 216 Å². The molecule has 0 spiro atoms. The van der Waals surface area contributed by atoms with Gasteiger partial charge < -0.3 is 10.0 Å². The molecular weight excluding hydrogens is 462 g/mol. The highest BCUT2D eigenvalue weighted by atomic mass is 16.4. The molecule has 0 atom stereocenters. The minimum atomic E-state index is -1.22. The Morgan fingerprint density at radius 3 is 2.41 bits per heavy atom. The number of carbonyl (C=O) groups is 2. The molecule has 0 radical (unpaired) electrons. The van der Waals surface area contributed by atoms with Crippen LogP contribution < -0.4 is 9.91 Å². The standard InChI is InChI=1S/C31H29N3O3/c35-30-27(29(31(36)37)32-34(30)26-9-5-2-6-10-26)20-21-11-16-28-24(19-21)17-18-33(28)25-14-12-23(13-15-25)22-7-3-1-4-8-22/h2,5-6,9-16,19-20,22H,1,3-4,7-8,17-18H2,(H,36,37)/b27-20-. The Hall–Kier alpha value is -4.19. The highest BCUT2D eigenvalue weighted by Crippen LogP contribution is 2.38. The first-order valence-corrected chi connectivity index (χ1v) is 13.0. The van der Waals surface area contributed by atoms with Crippen LogP contribution in [0.15, 0.2) is 83.5 Å². The van der Waals surface area contributed by atoms with E-state index in [0.717, 1.165) is 29.2 Å². The van der Waals surface area contributed by atoms with Crippen molar-refractivity contribution >= 4 is 40.7 Å². The topological polar surface area (TPSA) is 73.2 Å². The number of hydrazone groups is 1. The van der Waals surface area contributed by atoms with Gasteiger partial charge in [-0.15, -0.1) is 0 Å². The third-order valence-corrected chi connectivity index (χ3v) is 7.67. The van der Waals surface area contributed by atoms with Crippen molar-refractivity contribution in [3.8, 4) is 0 Å². The van der Waals surface area contributed by atoms with Gasteiger partial charge in [0.2, 0.25) is 0 Å². The summed E-state index contributed by atoms with van der Waals surface area (Å²) in [6.07, 6.45) is 9.15. The lowest BCUT2D eigenvalue weighted by molar-refractivity contribution is -0.129. The van der Waals surface area contributed by atoms with Gasteiger partial charge in [0.1, 0.15) is 0 Å². The third kappa shape index (κ3) is 4.44. The van der Waals surface area contributed by atoms with Gasteiger partial charge in [-0.05, 0) is 84.3 Å². The molecule has 37 heavy (non-hydrogen) atoms. The van der Waals surface area contributed by atoms with E-state index in [9.17, 15) is 14.7 Å². The fraction of sp³-hybridized carbons (Fsp3) is 0.258. The number of amides is 1. The van der Waals surface area contributed by atoms with Crippen LogP contribution in [0, 0.1) is 0 Å². The predicted molar refractivity (Wildman–Crippen MR) is 146 cm³/mol. The summed E-state index contributed by atoms with van der Waals surface area (Å²) in [7, 11) is 0. The largest absolute Gasteiger partial charge is 0.476 e. The van der Waals surface area contributed by atoms with Gasteiger partial charge in [0.25, 0.3) is 5.91 Å². The molecule has 6 heteroatoms. The van der Waals surface area contributed by atoms with Gasteiger partial charge in [0, 0.05) is 17.9 Å². The van der Waals surface area contributed by atoms with Crippen molar-refractivity contribution in [2.75, 3.05) is 16.5 Å². The predicted octanol–water partition coefficient (Wildman–Crippen LogP) is 6.30. The molecule has 0 bridgehead atoms. The normalized spacial score (nSPS) is 18.9. The molecule has 3 aromatic rings. The molecule has 1 amide bonds. The molecule has 3 aromatic carbocycles. The van der Waals surface area contributed by atoms with E-state index in [4.69, 9.17) is 0 Å². The first kappa shape index (κ1) is 23.2. The number of nitrogens with zero attached hydrogens (tertiary/aromatic N) is 3. The summed E-state index contributed by atoms with van der Waals surface area (Å²) in [6.45, 7) is 0.890. The highest BCUT2D eigenvalue weighted by molar-refractivity contribution is 6.53. The number of carboxylic acids is 1. The number of aliphatic carboxylic acids is 1. The molecule has 186 valence electrons. The van der Waals surface area contributed by atoms with Crippen molar-refractivity contribution in [3.63, 3.8) is 0 Å². The van der Waals surface area contributed by atoms with Crippen molar-refractivity contribution in [1.82, 2.24) is 0 Å². The summed E-state index contributed by atoms with van der Waals surface area (Å²) in [5.41, 5.74) is 6.15. The minimum absolute atomic E-state index is 0.0875. The number of benzene rings is 3. The Kier molecular flexibility index (Phi) is 6.08. The van der Waals surface area contributed by atoms with E-state index in [1.165, 1.54) is 48.9 Å². The second-order valence-electron chi connectivity index (χ2n) is 9.98. The number of fused-ring (bicyclic) bond motifs is 1. The smallest absolute Gasteiger partial charge is 0.357 e. The molecule has 6 rings (SSSR count). The number of rotatable bonds is 5. The first-order valence-electron chi connectivity index (χ1n) is 13.0. The Bertz CT molecular complexity index is 1400. The zero-order valence-corrected chi connectivity index (χ0v) is 20.6. The second kappa shape index (κ2) is 9.69. The molecule has 2 heterocycles. The van der Waals surface area contributed by atoms with Gasteiger partial charge in [-0.3, -0.25) is 4.79 Å². The lowest BCUT2D eigenvalue weighted by atomic mass is 9.84. The number of carbonyl (C=O) groups excluding carboxylic acids is 1. The monoisotopic (exact) mass is 491 g/mol. The van der Waals surface area contributed by atoms with E-state index < -0.39 is 11.9 Å². The van der Waals surface area contributed by atoms with Gasteiger partial charge >= 0.3 is 5.97 Å². The van der Waals surface area contributed by atoms with Crippen molar-refractivity contribution < 1.29 is 14.7 Å². The fourth-order valence-corrected chi connectivity index (χ4v) is 5.76. The van der Waals surface area contributed by atoms with E-state index in [2.05, 4.69) is 46.4 Å². The molecular formula is C31H29N3O3. The number of para-hydroxylation sites is 1. The minimum Gasteiger partial charge on any atom is -0.476 e. The molecule has 3 aliphatic rings. The van der Waals surface area contributed by atoms with Gasteiger partial charge in [0.15, 0.2) is 5.71 Å². The Balaban J connectivity index is 1.25. The van der Waals surface area contributed by atoms with E-state index in [0.29, 0.717) is 11.6 Å². The average Bonchev–Trinajstić information content (AvgIpc) is 3.51. The summed E-state index contributed by atoms with van der Waals surface area (Å²) in [6, 6.07) is 24.0. The Morgan fingerprint density at radius 1 is 0.919 bits per heavy atom. The van der Waals surface area contributed by atoms with Gasteiger partial charge in [0.05, 0.1) is 11.3 Å². The maximum atomic E-state index is 13.1. The van der Waals surface area contributed by atoms with Crippen LogP contribution >= 0.6 is 0 Å². The van der Waals surface area contributed by atoms with Crippen molar-refractivity contribution in [3.05, 3.63) is 95.1 Å². The summed E-state index contributed by atoms with van der Waals surface area (Å²) in [4.78, 5) is 27.3. The van der Waals surface area contributed by atoms with Gasteiger partial charge in [-0.25, -0.2) is 4.79 Å². The molecule has 6 nitrogen and oxygen atoms in total. The summed E-state index contributed by atoms with van der Waals surface area (Å²) in [5.74, 6) is -0.967. The van der Waals surface area contributed by atoms with Crippen molar-refractivity contribution in [2.24, 2.45) is 5.10 Å². The van der Waals surface area contributed by atoms with E-state index >= 15 is 0 Å².